The lowest BCUT2D eigenvalue weighted by Gasteiger charge is -2.32. The predicted molar refractivity (Wildman–Crippen MR) is 80.0 cm³/mol. The van der Waals surface area contributed by atoms with Crippen molar-refractivity contribution in [1.29, 1.82) is 0 Å². The van der Waals surface area contributed by atoms with E-state index in [1.807, 2.05) is 7.05 Å². The summed E-state index contributed by atoms with van der Waals surface area (Å²) >= 11 is 0. The molecule has 1 N–H and O–H groups in total. The van der Waals surface area contributed by atoms with Gasteiger partial charge in [-0.1, -0.05) is 12.8 Å². The van der Waals surface area contributed by atoms with E-state index in [0.29, 0.717) is 12.6 Å². The molecule has 1 aromatic heterocycles. The standard InChI is InChI=1S/C15H24N4O/c1-16-13-9-15(18-14(17-13)10-20-2)19-8-7-11-5-3-4-6-12(11)19/h9,11-12H,3-8,10H2,1-2H3,(H,16,17,18). The summed E-state index contributed by atoms with van der Waals surface area (Å²) in [5.41, 5.74) is 0. The summed E-state index contributed by atoms with van der Waals surface area (Å²) in [7, 11) is 3.58. The molecule has 0 spiro atoms. The van der Waals surface area contributed by atoms with Crippen molar-refractivity contribution in [3.05, 3.63) is 11.9 Å². The summed E-state index contributed by atoms with van der Waals surface area (Å²) in [6.45, 7) is 1.59. The van der Waals surface area contributed by atoms with Crippen LogP contribution >= 0.6 is 0 Å². The monoisotopic (exact) mass is 276 g/mol. The highest BCUT2D eigenvalue weighted by atomic mass is 16.5. The third-order valence-electron chi connectivity index (χ3n) is 4.59. The van der Waals surface area contributed by atoms with E-state index in [0.717, 1.165) is 29.9 Å². The van der Waals surface area contributed by atoms with Crippen LogP contribution in [0.4, 0.5) is 11.6 Å². The van der Waals surface area contributed by atoms with Gasteiger partial charge in [0.25, 0.3) is 0 Å². The van der Waals surface area contributed by atoms with Gasteiger partial charge in [0.1, 0.15) is 18.2 Å². The summed E-state index contributed by atoms with van der Waals surface area (Å²) in [6.07, 6.45) is 6.75. The Hall–Kier alpha value is -1.36. The molecule has 2 aliphatic rings. The molecular formula is C15H24N4O. The third kappa shape index (κ3) is 2.59. The molecule has 2 fully saturated rings. The van der Waals surface area contributed by atoms with Crippen LogP contribution in [0.25, 0.3) is 0 Å². The van der Waals surface area contributed by atoms with Gasteiger partial charge in [0.2, 0.25) is 0 Å². The molecule has 0 aromatic carbocycles. The molecule has 2 atom stereocenters. The topological polar surface area (TPSA) is 50.3 Å². The number of rotatable bonds is 4. The molecule has 1 aliphatic carbocycles. The summed E-state index contributed by atoms with van der Waals surface area (Å²) in [5, 5.41) is 3.13. The fraction of sp³-hybridized carbons (Fsp3) is 0.733. The Morgan fingerprint density at radius 3 is 2.95 bits per heavy atom. The van der Waals surface area contributed by atoms with Gasteiger partial charge in [-0.3, -0.25) is 0 Å². The van der Waals surface area contributed by atoms with Crippen molar-refractivity contribution in [3.63, 3.8) is 0 Å². The van der Waals surface area contributed by atoms with Crippen molar-refractivity contribution in [2.45, 2.75) is 44.8 Å². The number of hydrogen-bond donors (Lipinski definition) is 1. The van der Waals surface area contributed by atoms with Crippen LogP contribution in [-0.4, -0.2) is 36.7 Å². The average molecular weight is 276 g/mol. The molecule has 2 heterocycles. The van der Waals surface area contributed by atoms with Gasteiger partial charge in [-0.05, 0) is 25.2 Å². The second kappa shape index (κ2) is 5.95. The van der Waals surface area contributed by atoms with Crippen molar-refractivity contribution in [2.24, 2.45) is 5.92 Å². The first-order chi connectivity index (χ1) is 9.81. The molecule has 1 saturated heterocycles. The maximum absolute atomic E-state index is 5.18. The largest absolute Gasteiger partial charge is 0.377 e. The molecular weight excluding hydrogens is 252 g/mol. The van der Waals surface area contributed by atoms with E-state index in [4.69, 9.17) is 9.72 Å². The van der Waals surface area contributed by atoms with E-state index < -0.39 is 0 Å². The van der Waals surface area contributed by atoms with Crippen LogP contribution in [0.1, 0.15) is 37.9 Å². The van der Waals surface area contributed by atoms with Crippen LogP contribution in [0.5, 0.6) is 0 Å². The van der Waals surface area contributed by atoms with Gasteiger partial charge in [0.05, 0.1) is 0 Å². The zero-order valence-electron chi connectivity index (χ0n) is 12.4. The van der Waals surface area contributed by atoms with Crippen molar-refractivity contribution < 1.29 is 4.74 Å². The fourth-order valence-electron chi connectivity index (χ4n) is 3.64. The van der Waals surface area contributed by atoms with Crippen LogP contribution in [0.2, 0.25) is 0 Å². The number of fused-ring (bicyclic) bond motifs is 1. The first kappa shape index (κ1) is 13.6. The molecule has 3 rings (SSSR count). The normalized spacial score (nSPS) is 25.6. The number of hydrogen-bond acceptors (Lipinski definition) is 5. The van der Waals surface area contributed by atoms with Gasteiger partial charge in [-0.15, -0.1) is 0 Å². The molecule has 110 valence electrons. The van der Waals surface area contributed by atoms with E-state index in [1.54, 1.807) is 7.11 Å². The van der Waals surface area contributed by atoms with Gasteiger partial charge in [0, 0.05) is 32.8 Å². The Kier molecular flexibility index (Phi) is 4.05. The van der Waals surface area contributed by atoms with Crippen molar-refractivity contribution in [3.8, 4) is 0 Å². The Bertz CT molecular complexity index is 465. The first-order valence-electron chi connectivity index (χ1n) is 7.63. The van der Waals surface area contributed by atoms with Gasteiger partial charge in [-0.2, -0.15) is 0 Å². The quantitative estimate of drug-likeness (QED) is 0.915. The second-order valence-corrected chi connectivity index (χ2v) is 5.80. The molecule has 2 unspecified atom stereocenters. The lowest BCUT2D eigenvalue weighted by molar-refractivity contribution is 0.178. The highest BCUT2D eigenvalue weighted by molar-refractivity contribution is 5.50. The number of nitrogens with one attached hydrogen (secondary N) is 1. The highest BCUT2D eigenvalue weighted by Crippen LogP contribution is 2.38. The summed E-state index contributed by atoms with van der Waals surface area (Å²) < 4.78 is 5.18. The molecule has 1 saturated carbocycles. The second-order valence-electron chi connectivity index (χ2n) is 5.80. The number of ether oxygens (including phenoxy) is 1. The van der Waals surface area contributed by atoms with Crippen molar-refractivity contribution in [1.82, 2.24) is 9.97 Å². The molecule has 1 aliphatic heterocycles. The minimum atomic E-state index is 0.463. The lowest BCUT2D eigenvalue weighted by atomic mass is 9.85. The van der Waals surface area contributed by atoms with Crippen molar-refractivity contribution >= 4 is 11.6 Å². The van der Waals surface area contributed by atoms with Gasteiger partial charge in [-0.25, -0.2) is 9.97 Å². The van der Waals surface area contributed by atoms with E-state index >= 15 is 0 Å². The number of methoxy groups -OCH3 is 1. The Balaban J connectivity index is 1.86. The van der Waals surface area contributed by atoms with E-state index in [2.05, 4.69) is 21.3 Å². The van der Waals surface area contributed by atoms with Crippen LogP contribution in [0.15, 0.2) is 6.07 Å². The molecule has 20 heavy (non-hydrogen) atoms. The summed E-state index contributed by atoms with van der Waals surface area (Å²) in [5.74, 6) is 3.56. The number of anilines is 2. The van der Waals surface area contributed by atoms with Crippen LogP contribution in [0, 0.1) is 5.92 Å². The Labute approximate surface area is 120 Å². The molecule has 0 bridgehead atoms. The lowest BCUT2D eigenvalue weighted by Crippen LogP contribution is -2.35. The third-order valence-corrected chi connectivity index (χ3v) is 4.59. The molecule has 0 radical (unpaired) electrons. The maximum Gasteiger partial charge on any atom is 0.158 e. The first-order valence-corrected chi connectivity index (χ1v) is 7.63. The molecule has 5 nitrogen and oxygen atoms in total. The zero-order chi connectivity index (χ0) is 13.9. The van der Waals surface area contributed by atoms with Gasteiger partial charge < -0.3 is 15.0 Å². The van der Waals surface area contributed by atoms with Crippen molar-refractivity contribution in [2.75, 3.05) is 30.9 Å². The van der Waals surface area contributed by atoms with Crippen LogP contribution in [-0.2, 0) is 11.3 Å². The van der Waals surface area contributed by atoms with Gasteiger partial charge in [0.15, 0.2) is 5.82 Å². The van der Waals surface area contributed by atoms with Crippen LogP contribution in [0.3, 0.4) is 0 Å². The molecule has 0 amide bonds. The average Bonchev–Trinajstić information content (AvgIpc) is 2.91. The number of aromatic nitrogens is 2. The molecule has 1 aromatic rings. The van der Waals surface area contributed by atoms with E-state index in [9.17, 15) is 0 Å². The predicted octanol–water partition coefficient (Wildman–Crippen LogP) is 2.43. The fourth-order valence-corrected chi connectivity index (χ4v) is 3.64. The Morgan fingerprint density at radius 2 is 2.15 bits per heavy atom. The minimum absolute atomic E-state index is 0.463. The SMILES string of the molecule is CNc1cc(N2CCC3CCCCC32)nc(COC)n1. The zero-order valence-corrected chi connectivity index (χ0v) is 12.4. The van der Waals surface area contributed by atoms with Gasteiger partial charge >= 0.3 is 0 Å². The summed E-state index contributed by atoms with van der Waals surface area (Å²) in [4.78, 5) is 11.6. The Morgan fingerprint density at radius 1 is 1.30 bits per heavy atom. The smallest absolute Gasteiger partial charge is 0.158 e. The van der Waals surface area contributed by atoms with E-state index in [-0.39, 0.29) is 0 Å². The number of nitrogens with zero attached hydrogens (tertiary/aromatic N) is 3. The minimum Gasteiger partial charge on any atom is -0.377 e. The van der Waals surface area contributed by atoms with Crippen LogP contribution < -0.4 is 10.2 Å². The molecule has 5 heteroatoms. The van der Waals surface area contributed by atoms with E-state index in [1.165, 1.54) is 32.1 Å². The summed E-state index contributed by atoms with van der Waals surface area (Å²) in [6, 6.07) is 2.75. The maximum atomic E-state index is 5.18. The highest BCUT2D eigenvalue weighted by Gasteiger charge is 2.36.